The van der Waals surface area contributed by atoms with Crippen molar-refractivity contribution < 1.29 is 0 Å². The van der Waals surface area contributed by atoms with Gasteiger partial charge in [-0.2, -0.15) is 0 Å². The Morgan fingerprint density at radius 3 is 2.62 bits per heavy atom. The number of nitrogens with zero attached hydrogens (tertiary/aromatic N) is 2. The molecular formula is C18H23N3. The van der Waals surface area contributed by atoms with Gasteiger partial charge >= 0.3 is 0 Å². The second-order valence-electron chi connectivity index (χ2n) is 7.27. The first-order valence-electron chi connectivity index (χ1n) is 8.35. The summed E-state index contributed by atoms with van der Waals surface area (Å²) in [7, 11) is 2.24. The average molecular weight is 281 g/mol. The monoisotopic (exact) mass is 281 g/mol. The van der Waals surface area contributed by atoms with E-state index in [1.807, 2.05) is 0 Å². The van der Waals surface area contributed by atoms with Crippen LogP contribution in [-0.2, 0) is 12.6 Å². The summed E-state index contributed by atoms with van der Waals surface area (Å²) in [6.45, 7) is 2.45. The average Bonchev–Trinajstić information content (AvgIpc) is 2.82. The summed E-state index contributed by atoms with van der Waals surface area (Å²) in [6.07, 6.45) is 6.18. The fraction of sp³-hybridized carbons (Fsp3) is 0.556. The molecule has 110 valence electrons. The lowest BCUT2D eigenvalue weighted by Crippen LogP contribution is -2.43. The summed E-state index contributed by atoms with van der Waals surface area (Å²) in [6, 6.07) is 6.81. The third-order valence-corrected chi connectivity index (χ3v) is 6.21. The molecule has 0 amide bonds. The lowest BCUT2D eigenvalue weighted by Gasteiger charge is -2.41. The van der Waals surface area contributed by atoms with E-state index < -0.39 is 0 Å². The van der Waals surface area contributed by atoms with E-state index >= 15 is 0 Å². The molecule has 21 heavy (non-hydrogen) atoms. The number of nitrogens with two attached hydrogens (primary N) is 1. The third-order valence-electron chi connectivity index (χ3n) is 6.21. The Kier molecular flexibility index (Phi) is 2.21. The molecule has 6 rings (SSSR count). The second kappa shape index (κ2) is 3.83. The Morgan fingerprint density at radius 1 is 1.19 bits per heavy atom. The fourth-order valence-electron chi connectivity index (χ4n) is 4.92. The zero-order valence-electron chi connectivity index (χ0n) is 12.7. The third kappa shape index (κ3) is 1.38. The van der Waals surface area contributed by atoms with Gasteiger partial charge in [-0.1, -0.05) is 18.2 Å². The maximum Gasteiger partial charge on any atom is 0.112 e. The Bertz CT molecular complexity index is 730. The zero-order chi connectivity index (χ0) is 14.2. The van der Waals surface area contributed by atoms with Crippen molar-refractivity contribution >= 4 is 16.7 Å². The van der Waals surface area contributed by atoms with E-state index in [0.717, 1.165) is 18.8 Å². The molecule has 2 bridgehead atoms. The smallest absolute Gasteiger partial charge is 0.112 e. The van der Waals surface area contributed by atoms with E-state index in [-0.39, 0.29) is 5.54 Å². The molecule has 0 unspecified atom stereocenters. The van der Waals surface area contributed by atoms with Crippen molar-refractivity contribution in [3.05, 3.63) is 29.3 Å². The minimum absolute atomic E-state index is 0.0808. The van der Waals surface area contributed by atoms with Crippen LogP contribution in [0.15, 0.2) is 18.2 Å². The number of para-hydroxylation sites is 1. The van der Waals surface area contributed by atoms with Crippen LogP contribution in [0.25, 0.3) is 10.9 Å². The van der Waals surface area contributed by atoms with Crippen molar-refractivity contribution in [2.45, 2.75) is 43.6 Å². The number of benzene rings is 1. The lowest BCUT2D eigenvalue weighted by molar-refractivity contribution is 0.255. The maximum atomic E-state index is 6.67. The number of aryl methyl sites for hydroxylation is 1. The zero-order valence-corrected chi connectivity index (χ0v) is 12.7. The van der Waals surface area contributed by atoms with Gasteiger partial charge in [0.1, 0.15) is 5.82 Å². The summed E-state index contributed by atoms with van der Waals surface area (Å²) in [5, 5.41) is 1.47. The van der Waals surface area contributed by atoms with E-state index in [4.69, 9.17) is 5.73 Å². The summed E-state index contributed by atoms with van der Waals surface area (Å²) in [5.41, 5.74) is 11.0. The molecule has 1 aliphatic carbocycles. The minimum atomic E-state index is -0.0808. The van der Waals surface area contributed by atoms with E-state index in [9.17, 15) is 0 Å². The summed E-state index contributed by atoms with van der Waals surface area (Å²) < 4.78 is 2.44. The lowest BCUT2D eigenvalue weighted by atomic mass is 9.72. The largest absolute Gasteiger partial charge is 0.358 e. The van der Waals surface area contributed by atoms with E-state index in [0.29, 0.717) is 0 Å². The van der Waals surface area contributed by atoms with Gasteiger partial charge in [-0.05, 0) is 43.6 Å². The molecule has 1 saturated heterocycles. The van der Waals surface area contributed by atoms with Crippen LogP contribution < -0.4 is 10.6 Å². The maximum absolute atomic E-state index is 6.67. The van der Waals surface area contributed by atoms with Gasteiger partial charge < -0.3 is 15.2 Å². The van der Waals surface area contributed by atoms with Crippen molar-refractivity contribution in [3.63, 3.8) is 0 Å². The molecule has 2 N–H and O–H groups in total. The molecule has 0 atom stereocenters. The Balaban J connectivity index is 1.85. The first kappa shape index (κ1) is 12.1. The van der Waals surface area contributed by atoms with E-state index in [2.05, 4.69) is 34.7 Å². The van der Waals surface area contributed by atoms with Gasteiger partial charge in [0.05, 0.1) is 5.52 Å². The molecular weight excluding hydrogens is 258 g/mol. The highest BCUT2D eigenvalue weighted by atomic mass is 15.3. The molecule has 0 radical (unpaired) electrons. The molecule has 3 nitrogen and oxygen atoms in total. The number of piperidine rings is 1. The summed E-state index contributed by atoms with van der Waals surface area (Å²) in [5.74, 6) is 2.24. The molecule has 2 aromatic rings. The Morgan fingerprint density at radius 2 is 1.95 bits per heavy atom. The Labute approximate surface area is 125 Å². The first-order chi connectivity index (χ1) is 10.2. The molecule has 3 aliphatic heterocycles. The number of rotatable bonds is 1. The van der Waals surface area contributed by atoms with Gasteiger partial charge in [0.15, 0.2) is 0 Å². The molecule has 3 heteroatoms. The molecule has 4 heterocycles. The van der Waals surface area contributed by atoms with Crippen molar-refractivity contribution in [1.82, 2.24) is 4.57 Å². The van der Waals surface area contributed by atoms with E-state index in [1.165, 1.54) is 54.6 Å². The van der Waals surface area contributed by atoms with Crippen LogP contribution in [0.5, 0.6) is 0 Å². The van der Waals surface area contributed by atoms with Gasteiger partial charge in [-0.3, -0.25) is 0 Å². The van der Waals surface area contributed by atoms with Gasteiger partial charge in [0, 0.05) is 36.6 Å². The number of aromatic nitrogens is 1. The fourth-order valence-corrected chi connectivity index (χ4v) is 4.92. The highest BCUT2D eigenvalue weighted by Gasteiger charge is 2.40. The quantitative estimate of drug-likeness (QED) is 0.871. The van der Waals surface area contributed by atoms with Crippen molar-refractivity contribution in [1.29, 1.82) is 0 Å². The number of hydrogen-bond acceptors (Lipinski definition) is 2. The van der Waals surface area contributed by atoms with Gasteiger partial charge in [-0.15, -0.1) is 0 Å². The molecule has 0 spiro atoms. The van der Waals surface area contributed by atoms with Crippen LogP contribution in [0.4, 0.5) is 5.82 Å². The standard InChI is InChI=1S/C18H23N3/c1-20-16-13(4-2-5-14(16)18(19)8-3-9-18)15-12-6-10-21(11-7-12)17(15)20/h2,4-5,12H,3,6-11,19H2,1H3. The summed E-state index contributed by atoms with van der Waals surface area (Å²) in [4.78, 5) is 2.59. The second-order valence-corrected chi connectivity index (χ2v) is 7.27. The van der Waals surface area contributed by atoms with Crippen molar-refractivity contribution in [3.8, 4) is 0 Å². The highest BCUT2D eigenvalue weighted by molar-refractivity contribution is 5.94. The van der Waals surface area contributed by atoms with Crippen LogP contribution in [0, 0.1) is 0 Å². The van der Waals surface area contributed by atoms with Gasteiger partial charge in [0.2, 0.25) is 0 Å². The summed E-state index contributed by atoms with van der Waals surface area (Å²) >= 11 is 0. The Hall–Kier alpha value is -1.48. The first-order valence-corrected chi connectivity index (χ1v) is 8.35. The topological polar surface area (TPSA) is 34.2 Å². The van der Waals surface area contributed by atoms with Crippen LogP contribution in [0.3, 0.4) is 0 Å². The predicted molar refractivity (Wildman–Crippen MR) is 86.8 cm³/mol. The van der Waals surface area contributed by atoms with Crippen LogP contribution in [0.2, 0.25) is 0 Å². The molecule has 1 aromatic heterocycles. The SMILES string of the molecule is Cn1c2c(c3cccc(C4(N)CCC4)c31)C1CCN2CC1. The molecule has 1 aromatic carbocycles. The van der Waals surface area contributed by atoms with E-state index in [1.54, 1.807) is 5.56 Å². The van der Waals surface area contributed by atoms with Crippen LogP contribution >= 0.6 is 0 Å². The predicted octanol–water partition coefficient (Wildman–Crippen LogP) is 3.21. The van der Waals surface area contributed by atoms with Gasteiger partial charge in [-0.25, -0.2) is 0 Å². The highest BCUT2D eigenvalue weighted by Crippen LogP contribution is 2.50. The molecule has 2 fully saturated rings. The van der Waals surface area contributed by atoms with Gasteiger partial charge in [0.25, 0.3) is 0 Å². The minimum Gasteiger partial charge on any atom is -0.358 e. The number of hydrogen-bond donors (Lipinski definition) is 1. The molecule has 1 saturated carbocycles. The van der Waals surface area contributed by atoms with Crippen molar-refractivity contribution in [2.75, 3.05) is 18.0 Å². The van der Waals surface area contributed by atoms with Crippen molar-refractivity contribution in [2.24, 2.45) is 12.8 Å². The number of fused-ring (bicyclic) bond motifs is 3. The molecule has 4 aliphatic rings. The van der Waals surface area contributed by atoms with Crippen LogP contribution in [-0.4, -0.2) is 17.7 Å². The normalized spacial score (nSPS) is 23.4. The number of anilines is 1. The van der Waals surface area contributed by atoms with Crippen LogP contribution in [0.1, 0.15) is 49.1 Å².